The molecule has 4 aromatic rings. The zero-order chi connectivity index (χ0) is 18.5. The smallest absolute Gasteiger partial charge is 0.251 e. The number of hydrogen-bond acceptors (Lipinski definition) is 4. The van der Waals surface area contributed by atoms with E-state index in [2.05, 4.69) is 20.5 Å². The second-order valence-corrected chi connectivity index (χ2v) is 6.05. The fourth-order valence-electron chi connectivity index (χ4n) is 2.84. The van der Waals surface area contributed by atoms with Gasteiger partial charge in [0.1, 0.15) is 12.7 Å². The molecule has 0 radical (unpaired) electrons. The molecular formula is C20H18N6O. The van der Waals surface area contributed by atoms with Crippen LogP contribution in [0.4, 0.5) is 0 Å². The molecule has 0 fully saturated rings. The molecule has 0 bridgehead atoms. The molecule has 0 spiro atoms. The average Bonchev–Trinajstić information content (AvgIpc) is 3.41. The molecule has 1 amide bonds. The van der Waals surface area contributed by atoms with E-state index in [1.165, 1.54) is 6.33 Å². The lowest BCUT2D eigenvalue weighted by molar-refractivity contribution is 0.0951. The molecule has 0 atom stereocenters. The Morgan fingerprint density at radius 3 is 2.59 bits per heavy atom. The number of amides is 1. The van der Waals surface area contributed by atoms with Crippen molar-refractivity contribution in [3.8, 4) is 5.69 Å². The van der Waals surface area contributed by atoms with Crippen molar-refractivity contribution >= 4 is 5.91 Å². The molecule has 0 aliphatic heterocycles. The summed E-state index contributed by atoms with van der Waals surface area (Å²) in [7, 11) is 0. The van der Waals surface area contributed by atoms with Gasteiger partial charge >= 0.3 is 0 Å². The van der Waals surface area contributed by atoms with E-state index in [1.807, 2.05) is 60.8 Å². The van der Waals surface area contributed by atoms with Gasteiger partial charge in [-0.3, -0.25) is 4.79 Å². The predicted molar refractivity (Wildman–Crippen MR) is 100 cm³/mol. The van der Waals surface area contributed by atoms with Gasteiger partial charge < -0.3 is 5.32 Å². The Labute approximate surface area is 156 Å². The highest BCUT2D eigenvalue weighted by Crippen LogP contribution is 2.13. The first-order valence-electron chi connectivity index (χ1n) is 8.57. The molecule has 0 aliphatic carbocycles. The molecule has 0 aliphatic rings. The summed E-state index contributed by atoms with van der Waals surface area (Å²) in [5, 5.41) is 11.3. The van der Waals surface area contributed by atoms with Crippen LogP contribution in [0.3, 0.4) is 0 Å². The minimum atomic E-state index is -0.113. The van der Waals surface area contributed by atoms with E-state index in [0.29, 0.717) is 18.7 Å². The average molecular weight is 358 g/mol. The van der Waals surface area contributed by atoms with Gasteiger partial charge in [-0.15, -0.1) is 0 Å². The second kappa shape index (κ2) is 7.65. The third-order valence-corrected chi connectivity index (χ3v) is 4.21. The summed E-state index contributed by atoms with van der Waals surface area (Å²) in [5.41, 5.74) is 3.62. The van der Waals surface area contributed by atoms with Crippen molar-refractivity contribution in [2.45, 2.75) is 13.1 Å². The maximum absolute atomic E-state index is 12.5. The van der Waals surface area contributed by atoms with Crippen LogP contribution in [-0.2, 0) is 13.1 Å². The fourth-order valence-corrected chi connectivity index (χ4v) is 2.84. The minimum Gasteiger partial charge on any atom is -0.348 e. The number of aromatic nitrogens is 5. The summed E-state index contributed by atoms with van der Waals surface area (Å²) >= 11 is 0. The summed E-state index contributed by atoms with van der Waals surface area (Å²) in [5.74, 6) is -0.113. The zero-order valence-corrected chi connectivity index (χ0v) is 14.6. The molecular weight excluding hydrogens is 340 g/mol. The topological polar surface area (TPSA) is 77.6 Å². The Hall–Kier alpha value is -3.74. The Kier molecular flexibility index (Phi) is 4.74. The molecule has 2 aromatic carbocycles. The number of benzene rings is 2. The first-order chi connectivity index (χ1) is 13.3. The number of hydrogen-bond donors (Lipinski definition) is 1. The van der Waals surface area contributed by atoms with Crippen molar-refractivity contribution in [2.75, 3.05) is 0 Å². The van der Waals surface area contributed by atoms with Crippen molar-refractivity contribution in [1.29, 1.82) is 0 Å². The second-order valence-electron chi connectivity index (χ2n) is 6.05. The monoisotopic (exact) mass is 358 g/mol. The van der Waals surface area contributed by atoms with Crippen molar-refractivity contribution in [3.05, 3.63) is 96.3 Å². The molecule has 134 valence electrons. The van der Waals surface area contributed by atoms with Crippen molar-refractivity contribution in [2.24, 2.45) is 0 Å². The zero-order valence-electron chi connectivity index (χ0n) is 14.6. The van der Waals surface area contributed by atoms with Crippen molar-refractivity contribution < 1.29 is 4.79 Å². The summed E-state index contributed by atoms with van der Waals surface area (Å²) in [6, 6.07) is 17.2. The van der Waals surface area contributed by atoms with Gasteiger partial charge in [0, 0.05) is 24.5 Å². The van der Waals surface area contributed by atoms with Gasteiger partial charge in [0.15, 0.2) is 0 Å². The highest BCUT2D eigenvalue weighted by molar-refractivity contribution is 5.94. The van der Waals surface area contributed by atoms with Crippen molar-refractivity contribution in [1.82, 2.24) is 29.9 Å². The molecule has 1 N–H and O–H groups in total. The van der Waals surface area contributed by atoms with E-state index in [4.69, 9.17) is 0 Å². The van der Waals surface area contributed by atoms with E-state index in [1.54, 1.807) is 21.9 Å². The molecule has 4 rings (SSSR count). The Morgan fingerprint density at radius 2 is 1.85 bits per heavy atom. The van der Waals surface area contributed by atoms with E-state index < -0.39 is 0 Å². The number of rotatable bonds is 6. The van der Waals surface area contributed by atoms with Crippen LogP contribution in [-0.4, -0.2) is 30.5 Å². The van der Waals surface area contributed by atoms with Crippen molar-refractivity contribution in [3.63, 3.8) is 0 Å². The van der Waals surface area contributed by atoms with E-state index in [9.17, 15) is 4.79 Å². The minimum absolute atomic E-state index is 0.113. The lowest BCUT2D eigenvalue weighted by Gasteiger charge is -2.11. The first kappa shape index (κ1) is 16.7. The quantitative estimate of drug-likeness (QED) is 0.574. The van der Waals surface area contributed by atoms with Crippen LogP contribution in [0.2, 0.25) is 0 Å². The molecule has 27 heavy (non-hydrogen) atoms. The molecule has 0 saturated heterocycles. The Morgan fingerprint density at radius 1 is 1.00 bits per heavy atom. The summed E-state index contributed by atoms with van der Waals surface area (Å²) in [4.78, 5) is 16.4. The van der Waals surface area contributed by atoms with E-state index >= 15 is 0 Å². The highest BCUT2D eigenvalue weighted by Gasteiger charge is 2.09. The predicted octanol–water partition coefficient (Wildman–Crippen LogP) is 2.44. The molecule has 2 heterocycles. The van der Waals surface area contributed by atoms with Gasteiger partial charge in [0.2, 0.25) is 0 Å². The molecule has 0 unspecified atom stereocenters. The third kappa shape index (κ3) is 3.92. The Balaban J connectivity index is 1.41. The largest absolute Gasteiger partial charge is 0.348 e. The summed E-state index contributed by atoms with van der Waals surface area (Å²) < 4.78 is 3.53. The fraction of sp³-hybridized carbons (Fsp3) is 0.100. The van der Waals surface area contributed by atoms with Gasteiger partial charge in [-0.05, 0) is 35.4 Å². The number of nitrogens with one attached hydrogen (secondary N) is 1. The third-order valence-electron chi connectivity index (χ3n) is 4.21. The van der Waals surface area contributed by atoms with Gasteiger partial charge in [0.25, 0.3) is 5.91 Å². The van der Waals surface area contributed by atoms with E-state index in [-0.39, 0.29) is 5.91 Å². The maximum atomic E-state index is 12.5. The van der Waals surface area contributed by atoms with Crippen LogP contribution in [0.1, 0.15) is 21.5 Å². The van der Waals surface area contributed by atoms with Gasteiger partial charge in [-0.1, -0.05) is 30.3 Å². The Bertz CT molecular complexity index is 1010. The van der Waals surface area contributed by atoms with Crippen LogP contribution < -0.4 is 5.32 Å². The maximum Gasteiger partial charge on any atom is 0.251 e. The van der Waals surface area contributed by atoms with Gasteiger partial charge in [-0.25, -0.2) is 14.3 Å². The molecule has 7 nitrogen and oxygen atoms in total. The summed E-state index contributed by atoms with van der Waals surface area (Å²) in [6.07, 6.45) is 6.78. The van der Waals surface area contributed by atoms with Crippen LogP contribution in [0.15, 0.2) is 79.6 Å². The number of para-hydroxylation sites is 1. The molecule has 2 aromatic heterocycles. The lowest BCUT2D eigenvalue weighted by Crippen LogP contribution is -2.23. The number of carbonyl (C=O) groups is 1. The number of nitrogens with zero attached hydrogens (tertiary/aromatic N) is 5. The van der Waals surface area contributed by atoms with Gasteiger partial charge in [-0.2, -0.15) is 10.2 Å². The standard InChI is InChI=1S/C20H18N6O/c27-20(17-8-6-16(7-9-17)13-25-15-21-14-24-25)22-12-18-4-1-2-5-19(18)26-11-3-10-23-26/h1-11,14-15H,12-13H2,(H,22,27). The van der Waals surface area contributed by atoms with Gasteiger partial charge in [0.05, 0.1) is 12.2 Å². The number of carbonyl (C=O) groups excluding carboxylic acids is 1. The SMILES string of the molecule is O=C(NCc1ccccc1-n1cccn1)c1ccc(Cn2cncn2)cc1. The highest BCUT2D eigenvalue weighted by atomic mass is 16.1. The van der Waals surface area contributed by atoms with Crippen LogP contribution in [0, 0.1) is 0 Å². The first-order valence-corrected chi connectivity index (χ1v) is 8.57. The molecule has 7 heteroatoms. The van der Waals surface area contributed by atoms with E-state index in [0.717, 1.165) is 16.8 Å². The molecule has 0 saturated carbocycles. The van der Waals surface area contributed by atoms with Crippen LogP contribution in [0.25, 0.3) is 5.69 Å². The normalized spacial score (nSPS) is 10.7. The summed E-state index contributed by atoms with van der Waals surface area (Å²) in [6.45, 7) is 1.05. The lowest BCUT2D eigenvalue weighted by atomic mass is 10.1. The van der Waals surface area contributed by atoms with Crippen LogP contribution in [0.5, 0.6) is 0 Å². The van der Waals surface area contributed by atoms with Crippen LogP contribution >= 0.6 is 0 Å².